The Morgan fingerprint density at radius 1 is 1.00 bits per heavy atom. The highest BCUT2D eigenvalue weighted by molar-refractivity contribution is 7.99. The van der Waals surface area contributed by atoms with E-state index in [2.05, 4.69) is 9.62 Å². The first kappa shape index (κ1) is 18.3. The number of anilines is 2. The lowest BCUT2D eigenvalue weighted by Gasteiger charge is -2.29. The second-order valence-corrected chi connectivity index (χ2v) is 9.42. The molecule has 2 aliphatic rings. The summed E-state index contributed by atoms with van der Waals surface area (Å²) in [5.74, 6) is 3.27. The third-order valence-corrected chi connectivity index (χ3v) is 6.96. The number of fused-ring (bicyclic) bond motifs is 1. The largest absolute Gasteiger partial charge is 0.486 e. The molecule has 1 N–H and O–H groups in total. The van der Waals surface area contributed by atoms with E-state index >= 15 is 0 Å². The molecule has 144 valence electrons. The van der Waals surface area contributed by atoms with Crippen molar-refractivity contribution >= 4 is 33.2 Å². The molecule has 6 nitrogen and oxygen atoms in total. The van der Waals surface area contributed by atoms with Gasteiger partial charge in [-0.2, -0.15) is 11.8 Å². The first-order valence-corrected chi connectivity index (χ1v) is 11.5. The smallest absolute Gasteiger partial charge is 0.262 e. The molecule has 0 aromatic heterocycles. The van der Waals surface area contributed by atoms with Crippen molar-refractivity contribution in [2.45, 2.75) is 11.8 Å². The van der Waals surface area contributed by atoms with E-state index in [0.29, 0.717) is 30.4 Å². The molecule has 0 atom stereocenters. The minimum absolute atomic E-state index is 0.156. The van der Waals surface area contributed by atoms with Gasteiger partial charge in [0.05, 0.1) is 10.6 Å². The summed E-state index contributed by atoms with van der Waals surface area (Å²) < 4.78 is 39.2. The molecule has 0 unspecified atom stereocenters. The molecule has 2 heterocycles. The minimum atomic E-state index is -3.71. The second kappa shape index (κ2) is 7.52. The Hall–Kier alpha value is -2.06. The van der Waals surface area contributed by atoms with Gasteiger partial charge in [0.2, 0.25) is 0 Å². The van der Waals surface area contributed by atoms with E-state index in [9.17, 15) is 8.42 Å². The molecule has 0 radical (unpaired) electrons. The molecule has 0 amide bonds. The van der Waals surface area contributed by atoms with E-state index in [1.54, 1.807) is 6.07 Å². The van der Waals surface area contributed by atoms with Crippen molar-refractivity contribution < 1.29 is 17.9 Å². The summed E-state index contributed by atoms with van der Waals surface area (Å²) in [6, 6.07) is 10.5. The van der Waals surface area contributed by atoms with Crippen LogP contribution < -0.4 is 19.1 Å². The van der Waals surface area contributed by atoms with Gasteiger partial charge < -0.3 is 14.4 Å². The average Bonchev–Trinajstić information content (AvgIpc) is 2.69. The number of sulfonamides is 1. The Bertz CT molecular complexity index is 941. The maximum atomic E-state index is 12.8. The maximum Gasteiger partial charge on any atom is 0.262 e. The molecule has 1 fully saturated rings. The summed E-state index contributed by atoms with van der Waals surface area (Å²) in [4.78, 5) is 2.49. The molecule has 8 heteroatoms. The summed E-state index contributed by atoms with van der Waals surface area (Å²) in [5.41, 5.74) is 2.61. The number of hydrogen-bond donors (Lipinski definition) is 1. The van der Waals surface area contributed by atoms with Crippen LogP contribution in [-0.4, -0.2) is 46.2 Å². The third kappa shape index (κ3) is 3.96. The molecule has 0 bridgehead atoms. The van der Waals surface area contributed by atoms with E-state index in [0.717, 1.165) is 35.8 Å². The number of nitrogens with zero attached hydrogens (tertiary/aromatic N) is 1. The van der Waals surface area contributed by atoms with Gasteiger partial charge >= 0.3 is 0 Å². The van der Waals surface area contributed by atoms with Gasteiger partial charge in [0.15, 0.2) is 11.5 Å². The zero-order valence-corrected chi connectivity index (χ0v) is 16.7. The Morgan fingerprint density at radius 2 is 1.74 bits per heavy atom. The molecule has 0 spiro atoms. The summed E-state index contributed by atoms with van der Waals surface area (Å²) >= 11 is 1.96. The van der Waals surface area contributed by atoms with Gasteiger partial charge in [0, 0.05) is 36.3 Å². The summed E-state index contributed by atoms with van der Waals surface area (Å²) in [6.45, 7) is 4.85. The van der Waals surface area contributed by atoms with Crippen LogP contribution >= 0.6 is 11.8 Å². The first-order chi connectivity index (χ1) is 13.0. The number of thioether (sulfide) groups is 1. The lowest BCUT2D eigenvalue weighted by Crippen LogP contribution is -2.32. The van der Waals surface area contributed by atoms with Gasteiger partial charge in [-0.15, -0.1) is 0 Å². The van der Waals surface area contributed by atoms with Crippen molar-refractivity contribution in [1.29, 1.82) is 0 Å². The molecule has 0 saturated carbocycles. The number of nitrogens with one attached hydrogen (secondary N) is 1. The summed E-state index contributed by atoms with van der Waals surface area (Å²) in [7, 11) is -3.71. The van der Waals surface area contributed by atoms with Crippen LogP contribution in [0.3, 0.4) is 0 Å². The Kier molecular flexibility index (Phi) is 5.10. The van der Waals surface area contributed by atoms with E-state index in [1.165, 1.54) is 12.1 Å². The molecule has 2 aromatic carbocycles. The van der Waals surface area contributed by atoms with Crippen LogP contribution in [0.5, 0.6) is 11.5 Å². The van der Waals surface area contributed by atoms with E-state index < -0.39 is 10.0 Å². The van der Waals surface area contributed by atoms with Gasteiger partial charge in [-0.25, -0.2) is 8.42 Å². The number of ether oxygens (including phenoxy) is 2. The SMILES string of the molecule is Cc1cc(N2CCSCC2)ccc1NS(=O)(=O)c1ccc2c(c1)OCCO2. The van der Waals surface area contributed by atoms with E-state index in [1.807, 2.05) is 36.9 Å². The van der Waals surface area contributed by atoms with Gasteiger partial charge in [0.1, 0.15) is 13.2 Å². The predicted molar refractivity (Wildman–Crippen MR) is 109 cm³/mol. The summed E-state index contributed by atoms with van der Waals surface area (Å²) in [5, 5.41) is 0. The van der Waals surface area contributed by atoms with E-state index in [4.69, 9.17) is 9.47 Å². The fraction of sp³-hybridized carbons (Fsp3) is 0.368. The molecule has 1 saturated heterocycles. The summed E-state index contributed by atoms with van der Waals surface area (Å²) in [6.07, 6.45) is 0. The Morgan fingerprint density at radius 3 is 2.48 bits per heavy atom. The number of aryl methyl sites for hydroxylation is 1. The van der Waals surface area contributed by atoms with Crippen molar-refractivity contribution in [2.24, 2.45) is 0 Å². The van der Waals surface area contributed by atoms with Crippen LogP contribution in [0, 0.1) is 6.92 Å². The first-order valence-electron chi connectivity index (χ1n) is 8.89. The van der Waals surface area contributed by atoms with E-state index in [-0.39, 0.29) is 4.90 Å². The molecular formula is C19H22N2O4S2. The van der Waals surface area contributed by atoms with Crippen molar-refractivity contribution in [3.8, 4) is 11.5 Å². The number of hydrogen-bond acceptors (Lipinski definition) is 6. The van der Waals surface area contributed by atoms with Crippen molar-refractivity contribution in [2.75, 3.05) is 47.4 Å². The normalized spacial score (nSPS) is 16.9. The average molecular weight is 407 g/mol. The van der Waals surface area contributed by atoms with Gasteiger partial charge in [-0.3, -0.25) is 4.72 Å². The Balaban J connectivity index is 1.55. The Labute approximate surface area is 163 Å². The number of rotatable bonds is 4. The standard InChI is InChI=1S/C19H22N2O4S2/c1-14-12-15(21-6-10-26-11-7-21)2-4-17(14)20-27(22,23)16-3-5-18-19(13-16)25-9-8-24-18/h2-5,12-13,20H,6-11H2,1H3. The predicted octanol–water partition coefficient (Wildman–Crippen LogP) is 3.12. The lowest BCUT2D eigenvalue weighted by molar-refractivity contribution is 0.171. The van der Waals surface area contributed by atoms with Gasteiger partial charge in [-0.05, 0) is 42.8 Å². The number of benzene rings is 2. The minimum Gasteiger partial charge on any atom is -0.486 e. The molecule has 27 heavy (non-hydrogen) atoms. The molecule has 0 aliphatic carbocycles. The zero-order valence-electron chi connectivity index (χ0n) is 15.1. The van der Waals surface area contributed by atoms with Crippen LogP contribution in [0.4, 0.5) is 11.4 Å². The second-order valence-electron chi connectivity index (χ2n) is 6.51. The lowest BCUT2D eigenvalue weighted by atomic mass is 10.1. The molecule has 2 aliphatic heterocycles. The molecule has 2 aromatic rings. The fourth-order valence-electron chi connectivity index (χ4n) is 3.18. The van der Waals surface area contributed by atoms with Crippen molar-refractivity contribution in [3.63, 3.8) is 0 Å². The maximum absolute atomic E-state index is 12.8. The zero-order chi connectivity index (χ0) is 18.9. The molecule has 4 rings (SSSR count). The molecular weight excluding hydrogens is 384 g/mol. The van der Waals surface area contributed by atoms with Crippen LogP contribution in [0.25, 0.3) is 0 Å². The van der Waals surface area contributed by atoms with Gasteiger partial charge in [-0.1, -0.05) is 0 Å². The van der Waals surface area contributed by atoms with Crippen molar-refractivity contribution in [3.05, 3.63) is 42.0 Å². The van der Waals surface area contributed by atoms with Crippen LogP contribution in [0.15, 0.2) is 41.3 Å². The third-order valence-electron chi connectivity index (χ3n) is 4.65. The topological polar surface area (TPSA) is 67.9 Å². The van der Waals surface area contributed by atoms with Crippen molar-refractivity contribution in [1.82, 2.24) is 0 Å². The highest BCUT2D eigenvalue weighted by Crippen LogP contribution is 2.33. The fourth-order valence-corrected chi connectivity index (χ4v) is 5.22. The van der Waals surface area contributed by atoms with Crippen LogP contribution in [-0.2, 0) is 10.0 Å². The monoisotopic (exact) mass is 406 g/mol. The quantitative estimate of drug-likeness (QED) is 0.842. The highest BCUT2D eigenvalue weighted by Gasteiger charge is 2.20. The van der Waals surface area contributed by atoms with Gasteiger partial charge in [0.25, 0.3) is 10.0 Å². The van der Waals surface area contributed by atoms with Crippen LogP contribution in [0.2, 0.25) is 0 Å². The highest BCUT2D eigenvalue weighted by atomic mass is 32.2. The van der Waals surface area contributed by atoms with Crippen LogP contribution in [0.1, 0.15) is 5.56 Å².